The molecule has 1 aliphatic rings. The number of ether oxygens (including phenoxy) is 2. The van der Waals surface area contributed by atoms with Crippen LogP contribution in [0, 0.1) is 11.8 Å². The van der Waals surface area contributed by atoms with Crippen LogP contribution in [0.1, 0.15) is 25.7 Å². The first-order valence-electron chi connectivity index (χ1n) is 9.00. The predicted molar refractivity (Wildman–Crippen MR) is 94.8 cm³/mol. The molecule has 0 spiro atoms. The molecule has 8 nitrogen and oxygen atoms in total. The molecule has 26 heavy (non-hydrogen) atoms. The number of tetrazole rings is 1. The molecule has 140 valence electrons. The Hall–Kier alpha value is -2.64. The van der Waals surface area contributed by atoms with Crippen molar-refractivity contribution in [3.05, 3.63) is 30.6 Å². The molecule has 1 saturated carbocycles. The number of nitrogens with one attached hydrogen (secondary N) is 1. The van der Waals surface area contributed by atoms with Crippen LogP contribution < -0.4 is 14.8 Å². The molecular weight excluding hydrogens is 334 g/mol. The number of methoxy groups -OCH3 is 1. The highest BCUT2D eigenvalue weighted by Gasteiger charge is 2.26. The molecule has 1 heterocycles. The Morgan fingerprint density at radius 1 is 1.19 bits per heavy atom. The second-order valence-corrected chi connectivity index (χ2v) is 6.56. The Labute approximate surface area is 152 Å². The molecule has 3 rings (SSSR count). The Balaban J connectivity index is 1.31. The van der Waals surface area contributed by atoms with Gasteiger partial charge in [-0.05, 0) is 66.3 Å². The fourth-order valence-corrected chi connectivity index (χ4v) is 3.30. The molecule has 0 aliphatic heterocycles. The highest BCUT2D eigenvalue weighted by Crippen LogP contribution is 2.29. The van der Waals surface area contributed by atoms with Crippen LogP contribution in [0.25, 0.3) is 0 Å². The first-order valence-corrected chi connectivity index (χ1v) is 9.00. The number of carbonyl (C=O) groups excluding carboxylic acids is 1. The van der Waals surface area contributed by atoms with Gasteiger partial charge in [-0.2, -0.15) is 0 Å². The number of nitrogens with zero attached hydrogens (tertiary/aromatic N) is 4. The van der Waals surface area contributed by atoms with Crippen LogP contribution in [-0.2, 0) is 11.3 Å². The van der Waals surface area contributed by atoms with Crippen LogP contribution in [-0.4, -0.2) is 46.4 Å². The standard InChI is InChI=1S/C18H25N5O3/c1-25-16-6-8-17(9-7-16)26-11-10-19-18(24)15-4-2-14(3-5-15)12-23-13-20-21-22-23/h6-9,13-15H,2-5,10-12H2,1H3,(H,19,24). The van der Waals surface area contributed by atoms with Gasteiger partial charge in [-0.25, -0.2) is 4.68 Å². The van der Waals surface area contributed by atoms with E-state index in [1.807, 2.05) is 24.3 Å². The maximum Gasteiger partial charge on any atom is 0.223 e. The molecule has 0 bridgehead atoms. The van der Waals surface area contributed by atoms with Crippen LogP contribution in [0.5, 0.6) is 11.5 Å². The summed E-state index contributed by atoms with van der Waals surface area (Å²) in [5.74, 6) is 2.33. The van der Waals surface area contributed by atoms with Gasteiger partial charge in [-0.15, -0.1) is 5.10 Å². The Kier molecular flexibility index (Phi) is 6.40. The third-order valence-corrected chi connectivity index (χ3v) is 4.78. The van der Waals surface area contributed by atoms with Gasteiger partial charge < -0.3 is 14.8 Å². The van der Waals surface area contributed by atoms with Gasteiger partial charge in [0, 0.05) is 12.5 Å². The van der Waals surface area contributed by atoms with E-state index in [9.17, 15) is 4.79 Å². The van der Waals surface area contributed by atoms with Crippen molar-refractivity contribution in [2.45, 2.75) is 32.2 Å². The predicted octanol–water partition coefficient (Wildman–Crippen LogP) is 1.68. The van der Waals surface area contributed by atoms with Crippen molar-refractivity contribution in [1.82, 2.24) is 25.5 Å². The summed E-state index contributed by atoms with van der Waals surface area (Å²) >= 11 is 0. The average molecular weight is 359 g/mol. The molecule has 1 N–H and O–H groups in total. The monoisotopic (exact) mass is 359 g/mol. The van der Waals surface area contributed by atoms with Crippen molar-refractivity contribution < 1.29 is 14.3 Å². The van der Waals surface area contributed by atoms with Gasteiger partial charge >= 0.3 is 0 Å². The van der Waals surface area contributed by atoms with E-state index in [0.29, 0.717) is 19.1 Å². The molecule has 1 amide bonds. The summed E-state index contributed by atoms with van der Waals surface area (Å²) in [7, 11) is 1.63. The van der Waals surface area contributed by atoms with Crippen LogP contribution in [0.3, 0.4) is 0 Å². The minimum Gasteiger partial charge on any atom is -0.497 e. The topological polar surface area (TPSA) is 91.2 Å². The SMILES string of the molecule is COc1ccc(OCCNC(=O)C2CCC(Cn3cnnn3)CC2)cc1. The van der Waals surface area contributed by atoms with Gasteiger partial charge in [0.05, 0.1) is 13.7 Å². The fourth-order valence-electron chi connectivity index (χ4n) is 3.30. The molecule has 2 aromatic rings. The van der Waals surface area contributed by atoms with E-state index in [4.69, 9.17) is 9.47 Å². The number of rotatable bonds is 8. The lowest BCUT2D eigenvalue weighted by Crippen LogP contribution is -2.36. The summed E-state index contributed by atoms with van der Waals surface area (Å²) in [5.41, 5.74) is 0. The molecule has 1 aromatic carbocycles. The molecule has 0 saturated heterocycles. The van der Waals surface area contributed by atoms with Crippen LogP contribution in [0.2, 0.25) is 0 Å². The van der Waals surface area contributed by atoms with E-state index >= 15 is 0 Å². The summed E-state index contributed by atoms with van der Waals surface area (Å²) in [4.78, 5) is 12.3. The molecular formula is C18H25N5O3. The largest absolute Gasteiger partial charge is 0.497 e. The van der Waals surface area contributed by atoms with E-state index in [1.54, 1.807) is 18.1 Å². The lowest BCUT2D eigenvalue weighted by atomic mass is 9.81. The summed E-state index contributed by atoms with van der Waals surface area (Å²) < 4.78 is 12.5. The number of hydrogen-bond donors (Lipinski definition) is 1. The third-order valence-electron chi connectivity index (χ3n) is 4.78. The highest BCUT2D eigenvalue weighted by atomic mass is 16.5. The maximum absolute atomic E-state index is 12.3. The Morgan fingerprint density at radius 2 is 1.92 bits per heavy atom. The Morgan fingerprint density at radius 3 is 2.58 bits per heavy atom. The van der Waals surface area contributed by atoms with E-state index in [-0.39, 0.29) is 11.8 Å². The van der Waals surface area contributed by atoms with Crippen molar-refractivity contribution in [1.29, 1.82) is 0 Å². The van der Waals surface area contributed by atoms with E-state index in [1.165, 1.54) is 0 Å². The van der Waals surface area contributed by atoms with Gasteiger partial charge in [-0.1, -0.05) is 0 Å². The molecule has 0 atom stereocenters. The first-order chi connectivity index (χ1) is 12.7. The lowest BCUT2D eigenvalue weighted by Gasteiger charge is -2.27. The fraction of sp³-hybridized carbons (Fsp3) is 0.556. The highest BCUT2D eigenvalue weighted by molar-refractivity contribution is 5.78. The van der Waals surface area contributed by atoms with E-state index < -0.39 is 0 Å². The molecule has 0 unspecified atom stereocenters. The van der Waals surface area contributed by atoms with Crippen molar-refractivity contribution in [3.63, 3.8) is 0 Å². The van der Waals surface area contributed by atoms with Crippen molar-refractivity contribution in [2.24, 2.45) is 11.8 Å². The minimum absolute atomic E-state index is 0.0982. The molecule has 0 radical (unpaired) electrons. The molecule has 1 aliphatic carbocycles. The summed E-state index contributed by atoms with van der Waals surface area (Å²) in [6.07, 6.45) is 5.53. The van der Waals surface area contributed by atoms with Gasteiger partial charge in [0.15, 0.2) is 0 Å². The number of hydrogen-bond acceptors (Lipinski definition) is 6. The van der Waals surface area contributed by atoms with Crippen LogP contribution in [0.15, 0.2) is 30.6 Å². The zero-order chi connectivity index (χ0) is 18.2. The molecule has 1 aromatic heterocycles. The number of carbonyl (C=O) groups is 1. The summed E-state index contributed by atoms with van der Waals surface area (Å²) in [6.45, 7) is 1.79. The average Bonchev–Trinajstić information content (AvgIpc) is 3.19. The smallest absolute Gasteiger partial charge is 0.223 e. The van der Waals surface area contributed by atoms with Crippen molar-refractivity contribution >= 4 is 5.91 Å². The van der Waals surface area contributed by atoms with E-state index in [2.05, 4.69) is 20.8 Å². The van der Waals surface area contributed by atoms with Crippen molar-refractivity contribution in [2.75, 3.05) is 20.3 Å². The van der Waals surface area contributed by atoms with Gasteiger partial charge in [-0.3, -0.25) is 4.79 Å². The zero-order valence-electron chi connectivity index (χ0n) is 15.0. The number of benzene rings is 1. The second kappa shape index (κ2) is 9.17. The van der Waals surface area contributed by atoms with Gasteiger partial charge in [0.25, 0.3) is 0 Å². The first kappa shape index (κ1) is 18.2. The van der Waals surface area contributed by atoms with Crippen molar-refractivity contribution in [3.8, 4) is 11.5 Å². The quantitative estimate of drug-likeness (QED) is 0.721. The summed E-state index contributed by atoms with van der Waals surface area (Å²) in [5, 5.41) is 14.2. The molecule has 1 fully saturated rings. The lowest BCUT2D eigenvalue weighted by molar-refractivity contribution is -0.126. The van der Waals surface area contributed by atoms with Gasteiger partial charge in [0.1, 0.15) is 24.4 Å². The molecule has 8 heteroatoms. The number of amides is 1. The van der Waals surface area contributed by atoms with Crippen LogP contribution >= 0.6 is 0 Å². The van der Waals surface area contributed by atoms with Gasteiger partial charge in [0.2, 0.25) is 5.91 Å². The zero-order valence-corrected chi connectivity index (χ0v) is 15.0. The Bertz CT molecular complexity index is 667. The van der Waals surface area contributed by atoms with Crippen LogP contribution in [0.4, 0.5) is 0 Å². The number of aromatic nitrogens is 4. The van der Waals surface area contributed by atoms with E-state index in [0.717, 1.165) is 43.7 Å². The second-order valence-electron chi connectivity index (χ2n) is 6.56. The third kappa shape index (κ3) is 5.18. The normalized spacial score (nSPS) is 19.7. The maximum atomic E-state index is 12.3. The summed E-state index contributed by atoms with van der Waals surface area (Å²) in [6, 6.07) is 7.41. The minimum atomic E-state index is 0.0982.